The van der Waals surface area contributed by atoms with E-state index in [1.807, 2.05) is 57.3 Å². The number of carbonyl (C=O) groups excluding carboxylic acids is 1. The Labute approximate surface area is 208 Å². The van der Waals surface area contributed by atoms with Crippen molar-refractivity contribution in [2.75, 3.05) is 5.43 Å². The minimum atomic E-state index is -0.410. The van der Waals surface area contributed by atoms with E-state index < -0.39 is 5.91 Å². The Morgan fingerprint density at radius 1 is 1.00 bits per heavy atom. The molecule has 182 valence electrons. The van der Waals surface area contributed by atoms with Crippen LogP contribution in [0.3, 0.4) is 0 Å². The predicted molar refractivity (Wildman–Crippen MR) is 138 cm³/mol. The molecule has 0 radical (unpaired) electrons. The monoisotopic (exact) mass is 481 g/mol. The Morgan fingerprint density at radius 2 is 1.75 bits per heavy atom. The van der Waals surface area contributed by atoms with Crippen LogP contribution in [0.5, 0.6) is 5.75 Å². The molecule has 0 fully saturated rings. The first-order chi connectivity index (χ1) is 17.5. The van der Waals surface area contributed by atoms with E-state index >= 15 is 0 Å². The van der Waals surface area contributed by atoms with Crippen molar-refractivity contribution in [3.05, 3.63) is 107 Å². The molecule has 0 spiro atoms. The summed E-state index contributed by atoms with van der Waals surface area (Å²) in [7, 11) is 1.84. The largest absolute Gasteiger partial charge is 0.486 e. The average molecular weight is 482 g/mol. The Morgan fingerprint density at radius 3 is 2.53 bits per heavy atom. The van der Waals surface area contributed by atoms with Crippen LogP contribution in [0.2, 0.25) is 0 Å². The van der Waals surface area contributed by atoms with Crippen LogP contribution in [0.25, 0.3) is 11.0 Å². The van der Waals surface area contributed by atoms with Crippen LogP contribution >= 0.6 is 0 Å². The van der Waals surface area contributed by atoms with Crippen LogP contribution in [0.1, 0.15) is 38.7 Å². The van der Waals surface area contributed by atoms with Gasteiger partial charge in [-0.1, -0.05) is 42.5 Å². The number of nitrogens with zero attached hydrogens (tertiary/aromatic N) is 3. The quantitative estimate of drug-likeness (QED) is 0.299. The molecule has 0 atom stereocenters. The molecule has 0 bridgehead atoms. The molecule has 0 aliphatic rings. The van der Waals surface area contributed by atoms with Crippen LogP contribution < -0.4 is 15.6 Å². The number of hydrogen-bond acceptors (Lipinski definition) is 6. The van der Waals surface area contributed by atoms with Gasteiger partial charge >= 0.3 is 5.91 Å². The highest BCUT2D eigenvalue weighted by Crippen LogP contribution is 2.22. The lowest BCUT2D eigenvalue weighted by molar-refractivity contribution is 0.0931. The highest BCUT2D eigenvalue weighted by atomic mass is 16.5. The Hall–Kier alpha value is -4.59. The standard InChI is InChI=1S/C28H27N5O3/c1-18-15-25(29-27-26(18)19(2)32-33(27)3)30-31-28(34)24-14-13-23(36-24)17-35-22-11-9-21(10-12-22)16-20-7-5-4-6-8-20/h4-15H,16-17H2,1-3H3,(H,29,30)(H,31,34). The van der Waals surface area contributed by atoms with Gasteiger partial charge in [0.25, 0.3) is 0 Å². The molecule has 0 unspecified atom stereocenters. The lowest BCUT2D eigenvalue weighted by Gasteiger charge is -2.08. The van der Waals surface area contributed by atoms with Gasteiger partial charge in [-0.25, -0.2) is 4.98 Å². The molecule has 8 heteroatoms. The number of aryl methyl sites for hydroxylation is 3. The number of benzene rings is 2. The number of carbonyl (C=O) groups is 1. The summed E-state index contributed by atoms with van der Waals surface area (Å²) in [6.45, 7) is 4.16. The van der Waals surface area contributed by atoms with Gasteiger partial charge in [-0.3, -0.25) is 20.3 Å². The van der Waals surface area contributed by atoms with E-state index in [1.165, 1.54) is 11.1 Å². The van der Waals surface area contributed by atoms with Gasteiger partial charge in [0, 0.05) is 12.4 Å². The van der Waals surface area contributed by atoms with Gasteiger partial charge in [0.2, 0.25) is 0 Å². The van der Waals surface area contributed by atoms with E-state index in [9.17, 15) is 4.79 Å². The van der Waals surface area contributed by atoms with Crippen LogP contribution in [-0.4, -0.2) is 20.7 Å². The first-order valence-electron chi connectivity index (χ1n) is 11.7. The second-order valence-corrected chi connectivity index (χ2v) is 8.67. The zero-order chi connectivity index (χ0) is 25.1. The Bertz CT molecular complexity index is 1500. The number of nitrogens with one attached hydrogen (secondary N) is 2. The molecule has 0 saturated heterocycles. The maximum absolute atomic E-state index is 12.6. The smallest absolute Gasteiger partial charge is 0.305 e. The molecule has 1 amide bonds. The number of ether oxygens (including phenoxy) is 1. The molecule has 5 rings (SSSR count). The summed E-state index contributed by atoms with van der Waals surface area (Å²) in [5.41, 5.74) is 10.6. The maximum atomic E-state index is 12.6. The summed E-state index contributed by atoms with van der Waals surface area (Å²) in [6.07, 6.45) is 0.872. The first-order valence-corrected chi connectivity index (χ1v) is 11.7. The van der Waals surface area contributed by atoms with E-state index in [0.29, 0.717) is 11.6 Å². The van der Waals surface area contributed by atoms with Crippen LogP contribution in [-0.2, 0) is 20.1 Å². The zero-order valence-corrected chi connectivity index (χ0v) is 20.4. The number of furan rings is 1. The van der Waals surface area contributed by atoms with Crippen LogP contribution in [0.4, 0.5) is 5.82 Å². The van der Waals surface area contributed by atoms with Crippen molar-refractivity contribution in [2.24, 2.45) is 7.05 Å². The van der Waals surface area contributed by atoms with Gasteiger partial charge in [0.15, 0.2) is 11.4 Å². The number of aromatic nitrogens is 3. The van der Waals surface area contributed by atoms with Gasteiger partial charge in [-0.2, -0.15) is 5.10 Å². The summed E-state index contributed by atoms with van der Waals surface area (Å²) in [5.74, 6) is 1.57. The van der Waals surface area contributed by atoms with Crippen molar-refractivity contribution in [1.82, 2.24) is 20.2 Å². The SMILES string of the molecule is Cc1cc(NNC(=O)c2ccc(COc3ccc(Cc4ccccc4)cc3)o2)nc2c1c(C)nn2C. The predicted octanol–water partition coefficient (Wildman–Crippen LogP) is 5.10. The number of rotatable bonds is 8. The van der Waals surface area contributed by atoms with Gasteiger partial charge in [0.05, 0.1) is 5.69 Å². The molecule has 2 N–H and O–H groups in total. The molecule has 3 aromatic heterocycles. The third-order valence-electron chi connectivity index (χ3n) is 5.91. The molecular weight excluding hydrogens is 454 g/mol. The number of fused-ring (bicyclic) bond motifs is 1. The average Bonchev–Trinajstić information content (AvgIpc) is 3.47. The van der Waals surface area contributed by atoms with E-state index in [1.54, 1.807) is 16.8 Å². The number of hydrazine groups is 1. The number of hydrogen-bond donors (Lipinski definition) is 2. The summed E-state index contributed by atoms with van der Waals surface area (Å²) in [5, 5.41) is 5.42. The summed E-state index contributed by atoms with van der Waals surface area (Å²) in [6, 6.07) is 23.5. The number of amides is 1. The molecule has 0 aliphatic heterocycles. The summed E-state index contributed by atoms with van der Waals surface area (Å²) >= 11 is 0. The van der Waals surface area contributed by atoms with Crippen molar-refractivity contribution in [1.29, 1.82) is 0 Å². The Balaban J connectivity index is 1.15. The lowest BCUT2D eigenvalue weighted by Crippen LogP contribution is -2.29. The minimum Gasteiger partial charge on any atom is -0.486 e. The highest BCUT2D eigenvalue weighted by molar-refractivity contribution is 5.92. The van der Waals surface area contributed by atoms with Crippen LogP contribution in [0, 0.1) is 13.8 Å². The van der Waals surface area contributed by atoms with Gasteiger partial charge in [0.1, 0.15) is 23.9 Å². The van der Waals surface area contributed by atoms with Crippen molar-refractivity contribution < 1.29 is 13.9 Å². The van der Waals surface area contributed by atoms with Crippen molar-refractivity contribution in [2.45, 2.75) is 26.9 Å². The van der Waals surface area contributed by atoms with Crippen molar-refractivity contribution in [3.63, 3.8) is 0 Å². The van der Waals surface area contributed by atoms with E-state index in [0.717, 1.165) is 34.5 Å². The number of anilines is 1. The van der Waals surface area contributed by atoms with Crippen LogP contribution in [0.15, 0.2) is 77.2 Å². The first kappa shape index (κ1) is 23.2. The van der Waals surface area contributed by atoms with Crippen molar-refractivity contribution >= 4 is 22.8 Å². The minimum absolute atomic E-state index is 0.175. The molecule has 2 aromatic carbocycles. The van der Waals surface area contributed by atoms with Gasteiger partial charge in [-0.05, 0) is 67.3 Å². The van der Waals surface area contributed by atoms with Crippen molar-refractivity contribution in [3.8, 4) is 5.75 Å². The fraction of sp³-hybridized carbons (Fsp3) is 0.179. The third kappa shape index (κ3) is 5.07. The molecule has 36 heavy (non-hydrogen) atoms. The fourth-order valence-corrected chi connectivity index (χ4v) is 4.17. The lowest BCUT2D eigenvalue weighted by atomic mass is 10.1. The van der Waals surface area contributed by atoms with E-state index in [2.05, 4.69) is 45.2 Å². The second-order valence-electron chi connectivity index (χ2n) is 8.67. The normalized spacial score (nSPS) is 11.0. The van der Waals surface area contributed by atoms with Gasteiger partial charge in [-0.15, -0.1) is 0 Å². The molecular formula is C28H27N5O3. The zero-order valence-electron chi connectivity index (χ0n) is 20.4. The molecule has 8 nitrogen and oxygen atoms in total. The number of pyridine rings is 1. The molecule has 0 aliphatic carbocycles. The molecule has 0 saturated carbocycles. The highest BCUT2D eigenvalue weighted by Gasteiger charge is 2.14. The van der Waals surface area contributed by atoms with Gasteiger partial charge < -0.3 is 9.15 Å². The summed E-state index contributed by atoms with van der Waals surface area (Å²) in [4.78, 5) is 17.1. The summed E-state index contributed by atoms with van der Waals surface area (Å²) < 4.78 is 13.2. The fourth-order valence-electron chi connectivity index (χ4n) is 4.17. The third-order valence-corrected chi connectivity index (χ3v) is 5.91. The Kier molecular flexibility index (Phi) is 6.40. The maximum Gasteiger partial charge on any atom is 0.305 e. The molecule has 5 aromatic rings. The molecule has 3 heterocycles. The van der Waals surface area contributed by atoms with E-state index in [-0.39, 0.29) is 12.4 Å². The second kappa shape index (κ2) is 9.95. The van der Waals surface area contributed by atoms with E-state index in [4.69, 9.17) is 9.15 Å². The topological polar surface area (TPSA) is 94.2 Å².